The van der Waals surface area contributed by atoms with Gasteiger partial charge in [0.15, 0.2) is 0 Å². The highest BCUT2D eigenvalue weighted by molar-refractivity contribution is 5.87. The van der Waals surface area contributed by atoms with E-state index >= 15 is 0 Å². The van der Waals surface area contributed by atoms with Crippen molar-refractivity contribution in [3.8, 4) is 34.5 Å². The number of H-pyrrole nitrogens is 1. The number of hydrogen-bond donors (Lipinski definition) is 3. The third-order valence-electron chi connectivity index (χ3n) is 6.15. The molecule has 5 rings (SSSR count). The normalized spacial score (nSPS) is 10.9. The van der Waals surface area contributed by atoms with Crippen molar-refractivity contribution in [2.75, 3.05) is 18.5 Å². The molecule has 0 spiro atoms. The Hall–Kier alpha value is -4.74. The average molecular weight is 504 g/mol. The van der Waals surface area contributed by atoms with Gasteiger partial charge in [0.25, 0.3) is 0 Å². The molecular weight excluding hydrogens is 474 g/mol. The van der Waals surface area contributed by atoms with Crippen molar-refractivity contribution < 1.29 is 4.74 Å². The maximum atomic E-state index is 9.20. The number of aryl methyl sites for hydroxylation is 1. The summed E-state index contributed by atoms with van der Waals surface area (Å²) >= 11 is 0. The number of imidazole rings is 1. The minimum atomic E-state index is 0.462. The molecule has 0 atom stereocenters. The van der Waals surface area contributed by atoms with E-state index in [0.717, 1.165) is 69.3 Å². The molecule has 8 nitrogen and oxygen atoms in total. The van der Waals surface area contributed by atoms with Crippen molar-refractivity contribution in [2.45, 2.75) is 26.3 Å². The first-order valence-corrected chi connectivity index (χ1v) is 12.6. The Labute approximate surface area is 221 Å². The monoisotopic (exact) mass is 503 g/mol. The van der Waals surface area contributed by atoms with Crippen LogP contribution < -0.4 is 15.8 Å². The van der Waals surface area contributed by atoms with E-state index in [2.05, 4.69) is 27.4 Å². The number of benzene rings is 2. The fourth-order valence-electron chi connectivity index (χ4n) is 4.24. The molecule has 38 heavy (non-hydrogen) atoms. The highest BCUT2D eigenvalue weighted by Crippen LogP contribution is 2.32. The van der Waals surface area contributed by atoms with E-state index in [1.54, 1.807) is 12.3 Å². The van der Waals surface area contributed by atoms with E-state index in [0.29, 0.717) is 25.3 Å². The van der Waals surface area contributed by atoms with E-state index in [9.17, 15) is 5.26 Å². The van der Waals surface area contributed by atoms with E-state index < -0.39 is 0 Å². The molecule has 0 fully saturated rings. The van der Waals surface area contributed by atoms with Crippen molar-refractivity contribution >= 4 is 16.6 Å². The minimum Gasteiger partial charge on any atom is -0.492 e. The first-order chi connectivity index (χ1) is 18.6. The van der Waals surface area contributed by atoms with Crippen molar-refractivity contribution in [1.82, 2.24) is 19.9 Å². The predicted molar refractivity (Wildman–Crippen MR) is 150 cm³/mol. The number of hydrogen-bond acceptors (Lipinski definition) is 7. The van der Waals surface area contributed by atoms with Crippen molar-refractivity contribution in [1.29, 1.82) is 5.26 Å². The molecule has 3 aromatic heterocycles. The van der Waals surface area contributed by atoms with Crippen molar-refractivity contribution in [3.63, 3.8) is 0 Å². The van der Waals surface area contributed by atoms with Gasteiger partial charge in [0.05, 0.1) is 53.6 Å². The number of fused-ring (bicyclic) bond motifs is 1. The molecule has 0 radical (unpaired) electrons. The Kier molecular flexibility index (Phi) is 7.57. The number of nitrogens with two attached hydrogens (primary N) is 1. The molecule has 4 N–H and O–H groups in total. The number of unbranched alkanes of at least 4 members (excludes halogenated alkanes) is 1. The second-order valence-corrected chi connectivity index (χ2v) is 9.04. The Morgan fingerprint density at radius 3 is 2.76 bits per heavy atom. The molecule has 0 saturated carbocycles. The zero-order valence-electron chi connectivity index (χ0n) is 21.2. The minimum absolute atomic E-state index is 0.462. The van der Waals surface area contributed by atoms with Crippen LogP contribution in [0.15, 0.2) is 72.9 Å². The zero-order chi connectivity index (χ0) is 26.3. The largest absolute Gasteiger partial charge is 0.492 e. The molecule has 8 heteroatoms. The first-order valence-electron chi connectivity index (χ1n) is 12.6. The number of aromatic amines is 1. The van der Waals surface area contributed by atoms with Crippen LogP contribution in [0.5, 0.6) is 5.75 Å². The van der Waals surface area contributed by atoms with Gasteiger partial charge in [-0.3, -0.25) is 9.97 Å². The van der Waals surface area contributed by atoms with Crippen LogP contribution in [0.25, 0.3) is 33.5 Å². The molecule has 0 aliphatic carbocycles. The third kappa shape index (κ3) is 5.80. The Balaban J connectivity index is 1.48. The molecule has 0 aliphatic rings. The van der Waals surface area contributed by atoms with Gasteiger partial charge in [-0.2, -0.15) is 5.26 Å². The van der Waals surface area contributed by atoms with Gasteiger partial charge in [-0.05, 0) is 74.8 Å². The van der Waals surface area contributed by atoms with Gasteiger partial charge in [-0.15, -0.1) is 0 Å². The Bertz CT molecular complexity index is 1600. The van der Waals surface area contributed by atoms with Crippen LogP contribution in [0.4, 0.5) is 5.69 Å². The summed E-state index contributed by atoms with van der Waals surface area (Å²) in [5, 5.41) is 13.5. The molecule has 190 valence electrons. The fourth-order valence-corrected chi connectivity index (χ4v) is 4.24. The molecule has 0 saturated heterocycles. The van der Waals surface area contributed by atoms with E-state index in [-0.39, 0.29) is 0 Å². The highest BCUT2D eigenvalue weighted by Gasteiger charge is 2.16. The molecule has 0 bridgehead atoms. The summed E-state index contributed by atoms with van der Waals surface area (Å²) in [4.78, 5) is 17.7. The Morgan fingerprint density at radius 1 is 1.03 bits per heavy atom. The topological polar surface area (TPSA) is 126 Å². The van der Waals surface area contributed by atoms with Gasteiger partial charge in [0.2, 0.25) is 0 Å². The zero-order valence-corrected chi connectivity index (χ0v) is 21.2. The van der Waals surface area contributed by atoms with Crippen LogP contribution in [-0.2, 0) is 6.54 Å². The molecule has 5 aromatic rings. The van der Waals surface area contributed by atoms with Gasteiger partial charge in [-0.25, -0.2) is 4.98 Å². The van der Waals surface area contributed by atoms with Gasteiger partial charge in [0.1, 0.15) is 11.6 Å². The summed E-state index contributed by atoms with van der Waals surface area (Å²) in [5.74, 6) is 1.50. The molecular formula is C30H29N7O. The summed E-state index contributed by atoms with van der Waals surface area (Å²) in [6.07, 6.45) is 3.60. The van der Waals surface area contributed by atoms with Gasteiger partial charge >= 0.3 is 0 Å². The van der Waals surface area contributed by atoms with Gasteiger partial charge < -0.3 is 20.8 Å². The summed E-state index contributed by atoms with van der Waals surface area (Å²) < 4.78 is 5.88. The predicted octanol–water partition coefficient (Wildman–Crippen LogP) is 5.60. The van der Waals surface area contributed by atoms with Crippen molar-refractivity contribution in [2.24, 2.45) is 5.73 Å². The number of aromatic nitrogens is 4. The maximum absolute atomic E-state index is 9.20. The number of rotatable bonds is 10. The lowest BCUT2D eigenvalue weighted by atomic mass is 10.1. The second-order valence-electron chi connectivity index (χ2n) is 9.04. The van der Waals surface area contributed by atoms with Gasteiger partial charge in [-0.1, -0.05) is 18.2 Å². The standard InChI is InChI=1S/C30H29N7O/c1-20-6-4-9-27(35-20)30-29(36-28(37-30)19-33-24-8-5-7-21(14-24)17-32)22-10-11-26-23(15-22)16-25(18-34-26)38-13-3-2-12-31/h4-11,14-16,18,33H,2-3,12-13,19,31H2,1H3,(H,36,37). The lowest BCUT2D eigenvalue weighted by Crippen LogP contribution is -2.03. The number of anilines is 1. The lowest BCUT2D eigenvalue weighted by molar-refractivity contribution is 0.307. The van der Waals surface area contributed by atoms with Crippen LogP contribution in [0.1, 0.15) is 29.9 Å². The smallest absolute Gasteiger partial charge is 0.138 e. The molecule has 0 amide bonds. The lowest BCUT2D eigenvalue weighted by Gasteiger charge is -2.08. The molecule has 3 heterocycles. The summed E-state index contributed by atoms with van der Waals surface area (Å²) in [5.41, 5.74) is 12.3. The van der Waals surface area contributed by atoms with Crippen LogP contribution in [0, 0.1) is 18.3 Å². The van der Waals surface area contributed by atoms with Crippen LogP contribution in [0.3, 0.4) is 0 Å². The van der Waals surface area contributed by atoms with E-state index in [4.69, 9.17) is 20.4 Å². The summed E-state index contributed by atoms with van der Waals surface area (Å²) in [6.45, 7) is 3.71. The fraction of sp³-hybridized carbons (Fsp3) is 0.200. The second kappa shape index (κ2) is 11.5. The van der Waals surface area contributed by atoms with Crippen LogP contribution in [0.2, 0.25) is 0 Å². The van der Waals surface area contributed by atoms with Gasteiger partial charge in [0, 0.05) is 22.3 Å². The SMILES string of the molecule is Cc1cccc(-c2[nH]c(CNc3cccc(C#N)c3)nc2-c2ccc3ncc(OCCCCN)cc3c2)n1. The van der Waals surface area contributed by atoms with E-state index in [1.807, 2.05) is 61.5 Å². The van der Waals surface area contributed by atoms with Crippen LogP contribution in [-0.4, -0.2) is 33.1 Å². The summed E-state index contributed by atoms with van der Waals surface area (Å²) in [6, 6.07) is 23.6. The average Bonchev–Trinajstić information content (AvgIpc) is 3.38. The Morgan fingerprint density at radius 2 is 1.92 bits per heavy atom. The number of nitrogens with one attached hydrogen (secondary N) is 2. The molecule has 2 aromatic carbocycles. The number of nitrogens with zero attached hydrogens (tertiary/aromatic N) is 4. The highest BCUT2D eigenvalue weighted by atomic mass is 16.5. The van der Waals surface area contributed by atoms with E-state index in [1.165, 1.54) is 0 Å². The number of ether oxygens (including phenoxy) is 1. The molecule has 0 aliphatic heterocycles. The number of pyridine rings is 2. The van der Waals surface area contributed by atoms with Crippen molar-refractivity contribution in [3.05, 3.63) is 90.0 Å². The quantitative estimate of drug-likeness (QED) is 0.212. The third-order valence-corrected chi connectivity index (χ3v) is 6.15. The van der Waals surface area contributed by atoms with Crippen LogP contribution >= 0.6 is 0 Å². The molecule has 0 unspecified atom stereocenters. The number of nitriles is 1. The maximum Gasteiger partial charge on any atom is 0.138 e. The first kappa shape index (κ1) is 24.9. The summed E-state index contributed by atoms with van der Waals surface area (Å²) in [7, 11) is 0.